The molecule has 2 amide bonds. The van der Waals surface area contributed by atoms with Gasteiger partial charge in [0.25, 0.3) is 5.91 Å². The second kappa shape index (κ2) is 12.2. The first kappa shape index (κ1) is 25.3. The van der Waals surface area contributed by atoms with Crippen LogP contribution in [0.2, 0.25) is 0 Å². The van der Waals surface area contributed by atoms with Crippen molar-refractivity contribution in [1.29, 1.82) is 0 Å². The average Bonchev–Trinajstić information content (AvgIpc) is 2.82. The highest BCUT2D eigenvalue weighted by Crippen LogP contribution is 2.26. The molecule has 0 spiro atoms. The van der Waals surface area contributed by atoms with Gasteiger partial charge in [-0.1, -0.05) is 65.5 Å². The van der Waals surface area contributed by atoms with E-state index in [0.29, 0.717) is 18.7 Å². The summed E-state index contributed by atoms with van der Waals surface area (Å²) in [5.41, 5.74) is 3.24. The number of nitrogens with zero attached hydrogens (tertiary/aromatic N) is 1. The van der Waals surface area contributed by atoms with E-state index in [1.807, 2.05) is 63.2 Å². The molecule has 1 fully saturated rings. The molecule has 0 bridgehead atoms. The van der Waals surface area contributed by atoms with Gasteiger partial charge in [0.15, 0.2) is 6.61 Å². The van der Waals surface area contributed by atoms with E-state index < -0.39 is 6.04 Å². The molecule has 1 atom stereocenters. The number of rotatable bonds is 9. The van der Waals surface area contributed by atoms with Gasteiger partial charge in [-0.25, -0.2) is 0 Å². The highest BCUT2D eigenvalue weighted by atomic mass is 79.9. The van der Waals surface area contributed by atoms with Gasteiger partial charge in [-0.3, -0.25) is 9.59 Å². The van der Waals surface area contributed by atoms with Crippen molar-refractivity contribution in [2.45, 2.75) is 71.4 Å². The zero-order valence-corrected chi connectivity index (χ0v) is 21.5. The van der Waals surface area contributed by atoms with Crippen molar-refractivity contribution < 1.29 is 14.3 Å². The maximum absolute atomic E-state index is 13.2. The molecular formula is C27H35BrN2O3. The van der Waals surface area contributed by atoms with Crippen molar-refractivity contribution >= 4 is 27.7 Å². The highest BCUT2D eigenvalue weighted by Gasteiger charge is 2.28. The van der Waals surface area contributed by atoms with Crippen molar-refractivity contribution in [3.8, 4) is 5.75 Å². The maximum atomic E-state index is 13.2. The van der Waals surface area contributed by atoms with Gasteiger partial charge in [-0.05, 0) is 68.9 Å². The van der Waals surface area contributed by atoms with Crippen LogP contribution < -0.4 is 10.1 Å². The standard InChI is InChI=1S/C27H35BrN2O3/c1-19-16-24(17-20(2)26(19)28)33-18-25(31)30(15-14-22-10-6-4-7-11-22)21(3)27(32)29-23-12-8-5-9-13-23/h4,6-7,10-11,16-17,21,23H,5,8-9,12-15,18H2,1-3H3,(H,29,32). The first-order valence-electron chi connectivity index (χ1n) is 11.9. The summed E-state index contributed by atoms with van der Waals surface area (Å²) in [6.07, 6.45) is 6.25. The molecule has 1 aliphatic rings. The minimum atomic E-state index is -0.555. The number of halogens is 1. The predicted molar refractivity (Wildman–Crippen MR) is 135 cm³/mol. The smallest absolute Gasteiger partial charge is 0.261 e. The molecule has 1 unspecified atom stereocenters. The van der Waals surface area contributed by atoms with Crippen LogP contribution in [0.3, 0.4) is 0 Å². The van der Waals surface area contributed by atoms with Crippen molar-refractivity contribution in [3.05, 3.63) is 63.6 Å². The van der Waals surface area contributed by atoms with Crippen LogP contribution in [0.5, 0.6) is 5.75 Å². The van der Waals surface area contributed by atoms with Crippen LogP contribution in [-0.4, -0.2) is 41.9 Å². The lowest BCUT2D eigenvalue weighted by Crippen LogP contribution is -2.52. The number of aryl methyl sites for hydroxylation is 2. The van der Waals surface area contributed by atoms with Crippen LogP contribution in [-0.2, 0) is 16.0 Å². The second-order valence-electron chi connectivity index (χ2n) is 9.00. The van der Waals surface area contributed by atoms with Gasteiger partial charge < -0.3 is 15.0 Å². The third-order valence-corrected chi connectivity index (χ3v) is 7.63. The molecular weight excluding hydrogens is 480 g/mol. The fourth-order valence-corrected chi connectivity index (χ4v) is 4.59. The number of hydrogen-bond donors (Lipinski definition) is 1. The van der Waals surface area contributed by atoms with E-state index in [-0.39, 0.29) is 24.5 Å². The molecule has 0 heterocycles. The molecule has 2 aromatic carbocycles. The van der Waals surface area contributed by atoms with Crippen LogP contribution in [0, 0.1) is 13.8 Å². The normalized spacial score (nSPS) is 15.0. The van der Waals surface area contributed by atoms with Crippen LogP contribution in [0.25, 0.3) is 0 Å². The Morgan fingerprint density at radius 1 is 1.09 bits per heavy atom. The third kappa shape index (κ3) is 7.32. The summed E-state index contributed by atoms with van der Waals surface area (Å²) < 4.78 is 6.89. The summed E-state index contributed by atoms with van der Waals surface area (Å²) in [6.45, 7) is 6.17. The highest BCUT2D eigenvalue weighted by molar-refractivity contribution is 9.10. The molecule has 5 nitrogen and oxygen atoms in total. The predicted octanol–water partition coefficient (Wildman–Crippen LogP) is 5.35. The number of ether oxygens (including phenoxy) is 1. The van der Waals surface area contributed by atoms with Crippen molar-refractivity contribution in [1.82, 2.24) is 10.2 Å². The SMILES string of the molecule is Cc1cc(OCC(=O)N(CCc2ccccc2)C(C)C(=O)NC2CCCCC2)cc(C)c1Br. The Morgan fingerprint density at radius 2 is 1.73 bits per heavy atom. The Labute approximate surface area is 206 Å². The number of benzene rings is 2. The number of amides is 2. The van der Waals surface area contributed by atoms with E-state index in [0.717, 1.165) is 46.8 Å². The molecule has 0 saturated heterocycles. The molecule has 1 saturated carbocycles. The molecule has 6 heteroatoms. The maximum Gasteiger partial charge on any atom is 0.261 e. The number of hydrogen-bond acceptors (Lipinski definition) is 3. The summed E-state index contributed by atoms with van der Waals surface area (Å²) in [4.78, 5) is 27.9. The van der Waals surface area contributed by atoms with Gasteiger partial charge in [0.2, 0.25) is 5.91 Å². The van der Waals surface area contributed by atoms with E-state index in [2.05, 4.69) is 21.2 Å². The molecule has 2 aromatic rings. The van der Waals surface area contributed by atoms with Crippen LogP contribution in [0.15, 0.2) is 46.9 Å². The molecule has 0 radical (unpaired) electrons. The summed E-state index contributed by atoms with van der Waals surface area (Å²) in [7, 11) is 0. The fourth-order valence-electron chi connectivity index (χ4n) is 4.36. The zero-order chi connectivity index (χ0) is 23.8. The Kier molecular flexibility index (Phi) is 9.36. The zero-order valence-electron chi connectivity index (χ0n) is 19.9. The van der Waals surface area contributed by atoms with Gasteiger partial charge in [0.1, 0.15) is 11.8 Å². The number of carbonyl (C=O) groups is 2. The quantitative estimate of drug-likeness (QED) is 0.490. The number of nitrogens with one attached hydrogen (secondary N) is 1. The van der Waals surface area contributed by atoms with Crippen molar-refractivity contribution in [2.75, 3.05) is 13.2 Å². The number of carbonyl (C=O) groups excluding carboxylic acids is 2. The molecule has 1 aliphatic carbocycles. The largest absolute Gasteiger partial charge is 0.484 e. The first-order chi connectivity index (χ1) is 15.8. The Hall–Kier alpha value is -2.34. The van der Waals surface area contributed by atoms with Crippen LogP contribution in [0.4, 0.5) is 0 Å². The summed E-state index contributed by atoms with van der Waals surface area (Å²) in [6, 6.07) is 13.5. The van der Waals surface area contributed by atoms with Gasteiger partial charge >= 0.3 is 0 Å². The molecule has 3 rings (SSSR count). The second-order valence-corrected chi connectivity index (χ2v) is 9.79. The Bertz CT molecular complexity index is 919. The molecule has 1 N–H and O–H groups in total. The van der Waals surface area contributed by atoms with Crippen molar-refractivity contribution in [3.63, 3.8) is 0 Å². The molecule has 178 valence electrons. The molecule has 0 aromatic heterocycles. The van der Waals surface area contributed by atoms with E-state index >= 15 is 0 Å². The topological polar surface area (TPSA) is 58.6 Å². The van der Waals surface area contributed by atoms with E-state index in [1.54, 1.807) is 4.90 Å². The van der Waals surface area contributed by atoms with Crippen LogP contribution in [0.1, 0.15) is 55.7 Å². The van der Waals surface area contributed by atoms with E-state index in [9.17, 15) is 9.59 Å². The molecule has 0 aliphatic heterocycles. The first-order valence-corrected chi connectivity index (χ1v) is 12.7. The minimum Gasteiger partial charge on any atom is -0.484 e. The van der Waals surface area contributed by atoms with Crippen LogP contribution >= 0.6 is 15.9 Å². The van der Waals surface area contributed by atoms with E-state index in [1.165, 1.54) is 6.42 Å². The van der Waals surface area contributed by atoms with E-state index in [4.69, 9.17) is 4.74 Å². The lowest BCUT2D eigenvalue weighted by molar-refractivity contribution is -0.141. The third-order valence-electron chi connectivity index (χ3n) is 6.38. The Balaban J connectivity index is 1.67. The van der Waals surface area contributed by atoms with Gasteiger partial charge in [0.05, 0.1) is 0 Å². The van der Waals surface area contributed by atoms with Gasteiger partial charge in [-0.2, -0.15) is 0 Å². The fraction of sp³-hybridized carbons (Fsp3) is 0.481. The van der Waals surface area contributed by atoms with Crippen molar-refractivity contribution in [2.24, 2.45) is 0 Å². The average molecular weight is 515 g/mol. The lowest BCUT2D eigenvalue weighted by Gasteiger charge is -2.31. The monoisotopic (exact) mass is 514 g/mol. The molecule has 33 heavy (non-hydrogen) atoms. The minimum absolute atomic E-state index is 0.0846. The Morgan fingerprint density at radius 3 is 2.36 bits per heavy atom. The van der Waals surface area contributed by atoms with Gasteiger partial charge in [0, 0.05) is 17.1 Å². The van der Waals surface area contributed by atoms with Gasteiger partial charge in [-0.15, -0.1) is 0 Å². The summed E-state index contributed by atoms with van der Waals surface area (Å²) >= 11 is 3.56. The summed E-state index contributed by atoms with van der Waals surface area (Å²) in [5, 5.41) is 3.17. The lowest BCUT2D eigenvalue weighted by atomic mass is 9.95. The summed E-state index contributed by atoms with van der Waals surface area (Å²) in [5.74, 6) is 0.387.